The molecular weight excluding hydrogens is 558 g/mol. The van der Waals surface area contributed by atoms with Gasteiger partial charge in [0, 0.05) is 32.8 Å². The van der Waals surface area contributed by atoms with Gasteiger partial charge in [-0.15, -0.1) is 0 Å². The number of aromatic nitrogens is 1. The molecule has 0 aliphatic carbocycles. The van der Waals surface area contributed by atoms with Crippen LogP contribution in [0.2, 0.25) is 0 Å². The van der Waals surface area contributed by atoms with Crippen molar-refractivity contribution in [3.05, 3.63) is 139 Å². The van der Waals surface area contributed by atoms with Crippen LogP contribution in [0, 0.1) is 0 Å². The van der Waals surface area contributed by atoms with Crippen molar-refractivity contribution >= 4 is 43.7 Å². The van der Waals surface area contributed by atoms with Gasteiger partial charge >= 0.3 is 0 Å². The molecule has 0 bridgehead atoms. The van der Waals surface area contributed by atoms with Gasteiger partial charge in [0.15, 0.2) is 0 Å². The predicted octanol–water partition coefficient (Wildman–Crippen LogP) is 12.6. The molecule has 2 aromatic heterocycles. The van der Waals surface area contributed by atoms with Crippen LogP contribution in [0.4, 0.5) is 0 Å². The lowest BCUT2D eigenvalue weighted by Gasteiger charge is -2.19. The van der Waals surface area contributed by atoms with Gasteiger partial charge in [0.2, 0.25) is 0 Å². The average Bonchev–Trinajstić information content (AvgIpc) is 3.59. The van der Waals surface area contributed by atoms with Crippen molar-refractivity contribution in [2.24, 2.45) is 0 Å². The number of benzene rings is 6. The normalized spacial score (nSPS) is 12.6. The van der Waals surface area contributed by atoms with Crippen LogP contribution in [0.15, 0.2) is 132 Å². The van der Waals surface area contributed by atoms with Crippen LogP contribution in [-0.2, 0) is 10.8 Å². The number of para-hydroxylation sites is 2. The first-order valence-corrected chi connectivity index (χ1v) is 16.3. The minimum Gasteiger partial charge on any atom is -0.455 e. The Hall–Kier alpha value is -5.08. The molecule has 0 unspecified atom stereocenters. The SMILES string of the molecule is CC(C)(C)c1ccc2c(c1)c1cc(C(C)(C)C)ccc1n2-c1ccc(-c2ccc(-c3cccc4c3oc3ccccc34)cc2)cc1. The maximum atomic E-state index is 6.31. The minimum atomic E-state index is 0.0834. The molecule has 0 radical (unpaired) electrons. The number of hydrogen-bond donors (Lipinski definition) is 0. The molecule has 0 N–H and O–H groups in total. The van der Waals surface area contributed by atoms with E-state index in [1.165, 1.54) is 49.7 Å². The highest BCUT2D eigenvalue weighted by Crippen LogP contribution is 2.39. The first-order valence-electron chi connectivity index (χ1n) is 16.3. The van der Waals surface area contributed by atoms with E-state index in [1.807, 2.05) is 12.1 Å². The van der Waals surface area contributed by atoms with E-state index in [0.29, 0.717) is 0 Å². The number of fused-ring (bicyclic) bond motifs is 6. The van der Waals surface area contributed by atoms with Crippen molar-refractivity contribution in [1.29, 1.82) is 0 Å². The molecular formula is C44H39NO. The Balaban J connectivity index is 1.18. The van der Waals surface area contributed by atoms with Crippen molar-refractivity contribution < 1.29 is 4.42 Å². The van der Waals surface area contributed by atoms with Crippen molar-refractivity contribution in [2.45, 2.75) is 52.4 Å². The largest absolute Gasteiger partial charge is 0.455 e. The van der Waals surface area contributed by atoms with E-state index < -0.39 is 0 Å². The van der Waals surface area contributed by atoms with Crippen LogP contribution in [0.5, 0.6) is 0 Å². The van der Waals surface area contributed by atoms with E-state index in [2.05, 4.69) is 161 Å². The minimum absolute atomic E-state index is 0.0834. The van der Waals surface area contributed by atoms with Gasteiger partial charge in [-0.3, -0.25) is 0 Å². The molecule has 0 fully saturated rings. The van der Waals surface area contributed by atoms with Gasteiger partial charge in [-0.2, -0.15) is 0 Å². The summed E-state index contributed by atoms with van der Waals surface area (Å²) < 4.78 is 8.73. The molecule has 6 aromatic carbocycles. The summed E-state index contributed by atoms with van der Waals surface area (Å²) in [5, 5.41) is 4.94. The Morgan fingerprint density at radius 3 is 1.57 bits per heavy atom. The summed E-state index contributed by atoms with van der Waals surface area (Å²) in [5.41, 5.74) is 13.1. The van der Waals surface area contributed by atoms with Gasteiger partial charge in [0.25, 0.3) is 0 Å². The van der Waals surface area contributed by atoms with Gasteiger partial charge in [0.1, 0.15) is 11.2 Å². The van der Waals surface area contributed by atoms with Crippen molar-refractivity contribution in [1.82, 2.24) is 4.57 Å². The molecule has 226 valence electrons. The maximum absolute atomic E-state index is 6.31. The van der Waals surface area contributed by atoms with Crippen LogP contribution < -0.4 is 0 Å². The molecule has 0 aliphatic rings. The summed E-state index contributed by atoms with van der Waals surface area (Å²) in [6.45, 7) is 13.7. The first kappa shape index (κ1) is 28.4. The molecule has 46 heavy (non-hydrogen) atoms. The fourth-order valence-electron chi connectivity index (χ4n) is 6.85. The van der Waals surface area contributed by atoms with E-state index in [-0.39, 0.29) is 10.8 Å². The number of furan rings is 1. The standard InChI is InChI=1S/C44H39NO/c1-43(2,3)31-20-24-39-37(26-31)38-27-32(44(4,5)6)21-25-40(38)45(39)33-22-18-29(19-23-33)28-14-16-30(17-15-28)34-11-9-12-36-35-10-7-8-13-41(35)46-42(34)36/h7-27H,1-6H3. The molecule has 2 nitrogen and oxygen atoms in total. The molecule has 2 heteroatoms. The fourth-order valence-corrected chi connectivity index (χ4v) is 6.85. The summed E-state index contributed by atoms with van der Waals surface area (Å²) in [5.74, 6) is 0. The zero-order chi connectivity index (χ0) is 31.8. The van der Waals surface area contributed by atoms with Gasteiger partial charge in [-0.1, -0.05) is 126 Å². The number of hydrogen-bond acceptors (Lipinski definition) is 1. The predicted molar refractivity (Wildman–Crippen MR) is 196 cm³/mol. The summed E-state index contributed by atoms with van der Waals surface area (Å²) >= 11 is 0. The molecule has 8 rings (SSSR count). The lowest BCUT2D eigenvalue weighted by molar-refractivity contribution is 0.590. The zero-order valence-electron chi connectivity index (χ0n) is 27.5. The fraction of sp³-hybridized carbons (Fsp3) is 0.182. The van der Waals surface area contributed by atoms with Crippen LogP contribution >= 0.6 is 0 Å². The Bertz CT molecular complexity index is 2330. The molecule has 0 aliphatic heterocycles. The Labute approximate surface area is 270 Å². The van der Waals surface area contributed by atoms with E-state index in [4.69, 9.17) is 4.42 Å². The smallest absolute Gasteiger partial charge is 0.143 e. The van der Waals surface area contributed by atoms with Crippen molar-refractivity contribution in [3.8, 4) is 27.9 Å². The Kier molecular flexibility index (Phi) is 6.31. The van der Waals surface area contributed by atoms with Crippen molar-refractivity contribution in [2.75, 3.05) is 0 Å². The van der Waals surface area contributed by atoms with Crippen LogP contribution in [0.1, 0.15) is 52.7 Å². The number of nitrogens with zero attached hydrogens (tertiary/aromatic N) is 1. The second kappa shape index (κ2) is 10.2. The Morgan fingerprint density at radius 1 is 0.457 bits per heavy atom. The van der Waals surface area contributed by atoms with Gasteiger partial charge < -0.3 is 8.98 Å². The van der Waals surface area contributed by atoms with E-state index in [1.54, 1.807) is 0 Å². The average molecular weight is 598 g/mol. The monoisotopic (exact) mass is 597 g/mol. The summed E-state index contributed by atoms with van der Waals surface area (Å²) in [7, 11) is 0. The molecule has 0 amide bonds. The lowest BCUT2D eigenvalue weighted by Crippen LogP contribution is -2.10. The highest BCUT2D eigenvalue weighted by molar-refractivity contribution is 6.10. The molecule has 0 saturated carbocycles. The van der Waals surface area contributed by atoms with Gasteiger partial charge in [0.05, 0.1) is 11.0 Å². The quantitative estimate of drug-likeness (QED) is 0.198. The summed E-state index contributed by atoms with van der Waals surface area (Å²) in [6.07, 6.45) is 0. The summed E-state index contributed by atoms with van der Waals surface area (Å²) in [4.78, 5) is 0. The van der Waals surface area contributed by atoms with Gasteiger partial charge in [-0.05, 0) is 81.1 Å². The van der Waals surface area contributed by atoms with Crippen LogP contribution in [0.3, 0.4) is 0 Å². The molecule has 0 spiro atoms. The third-order valence-corrected chi connectivity index (χ3v) is 9.56. The molecule has 0 atom stereocenters. The molecule has 2 heterocycles. The Morgan fingerprint density at radius 2 is 0.978 bits per heavy atom. The van der Waals surface area contributed by atoms with Gasteiger partial charge in [-0.25, -0.2) is 0 Å². The van der Waals surface area contributed by atoms with Crippen molar-refractivity contribution in [3.63, 3.8) is 0 Å². The number of rotatable bonds is 3. The highest BCUT2D eigenvalue weighted by Gasteiger charge is 2.21. The topological polar surface area (TPSA) is 18.1 Å². The lowest BCUT2D eigenvalue weighted by atomic mass is 9.85. The van der Waals surface area contributed by atoms with E-state index >= 15 is 0 Å². The van der Waals surface area contributed by atoms with E-state index in [9.17, 15) is 0 Å². The summed E-state index contributed by atoms with van der Waals surface area (Å²) in [6, 6.07) is 46.5. The second-order valence-corrected chi connectivity index (χ2v) is 14.7. The first-order chi connectivity index (χ1) is 22.1. The highest BCUT2D eigenvalue weighted by atomic mass is 16.3. The maximum Gasteiger partial charge on any atom is 0.143 e. The third kappa shape index (κ3) is 4.63. The van der Waals surface area contributed by atoms with Crippen LogP contribution in [0.25, 0.3) is 71.7 Å². The second-order valence-electron chi connectivity index (χ2n) is 14.7. The molecule has 0 saturated heterocycles. The molecule has 8 aromatic rings. The van der Waals surface area contributed by atoms with Crippen LogP contribution in [-0.4, -0.2) is 4.57 Å². The zero-order valence-corrected chi connectivity index (χ0v) is 27.5. The third-order valence-electron chi connectivity index (χ3n) is 9.56. The van der Waals surface area contributed by atoms with E-state index in [0.717, 1.165) is 33.1 Å².